The molecule has 0 aliphatic carbocycles. The van der Waals surface area contributed by atoms with Gasteiger partial charge >= 0.3 is 31.2 Å². The van der Waals surface area contributed by atoms with E-state index in [4.69, 9.17) is 15.2 Å². The van der Waals surface area contributed by atoms with Crippen molar-refractivity contribution in [1.29, 1.82) is 0 Å². The van der Waals surface area contributed by atoms with E-state index in [-0.39, 0.29) is 0 Å². The topological polar surface area (TPSA) is 147 Å². The van der Waals surface area contributed by atoms with Crippen molar-refractivity contribution in [3.8, 4) is 0 Å². The van der Waals surface area contributed by atoms with E-state index in [1.807, 2.05) is 0 Å². The molecule has 100 valence electrons. The van der Waals surface area contributed by atoms with Crippen molar-refractivity contribution in [2.75, 3.05) is 0 Å². The summed E-state index contributed by atoms with van der Waals surface area (Å²) < 4.78 is 8.15. The molecule has 3 N–H and O–H groups in total. The Morgan fingerprint density at radius 1 is 0.889 bits per heavy atom. The maximum Gasteiger partial charge on any atom is 0.789 e. The highest BCUT2D eigenvalue weighted by Gasteiger charge is 2.34. The average molecular weight is 262 g/mol. The number of aliphatic carboxylic acids is 2. The Morgan fingerprint density at radius 3 is 1.39 bits per heavy atom. The Bertz CT molecular complexity index is 332. The Labute approximate surface area is 101 Å². The van der Waals surface area contributed by atoms with Crippen molar-refractivity contribution in [2.24, 2.45) is 11.8 Å². The van der Waals surface area contributed by atoms with E-state index >= 15 is 0 Å². The highest BCUT2D eigenvalue weighted by Crippen LogP contribution is 2.03. The van der Waals surface area contributed by atoms with Gasteiger partial charge in [0, 0.05) is 0 Å². The minimum Gasteiger partial charge on any atom is -0.481 e. The van der Waals surface area contributed by atoms with Crippen molar-refractivity contribution in [1.82, 2.24) is 0 Å². The molecule has 10 heteroatoms. The minimum absolute atomic E-state index is 0.999. The molecule has 0 aromatic rings. The van der Waals surface area contributed by atoms with Crippen molar-refractivity contribution >= 4 is 31.2 Å². The second kappa shape index (κ2) is 6.59. The number of carbonyl (C=O) groups excluding carboxylic acids is 2. The molecule has 0 bridgehead atoms. The summed E-state index contributed by atoms with van der Waals surface area (Å²) in [5.41, 5.74) is 0. The molecule has 2 atom stereocenters. The number of rotatable bonds is 6. The first kappa shape index (κ1) is 15.9. The predicted octanol–water partition coefficient (Wildman–Crippen LogP) is -1.51. The molecule has 0 aliphatic rings. The lowest BCUT2D eigenvalue weighted by Crippen LogP contribution is -2.36. The van der Waals surface area contributed by atoms with Crippen molar-refractivity contribution < 1.29 is 43.7 Å². The number of carbonyl (C=O) groups is 4. The average Bonchev–Trinajstić information content (AvgIpc) is 2.25. The van der Waals surface area contributed by atoms with E-state index in [2.05, 4.69) is 9.31 Å². The summed E-state index contributed by atoms with van der Waals surface area (Å²) in [6, 6.07) is 0. The van der Waals surface area contributed by atoms with E-state index in [9.17, 15) is 19.2 Å². The van der Waals surface area contributed by atoms with E-state index in [0.29, 0.717) is 0 Å². The molecule has 0 aromatic carbocycles. The maximum atomic E-state index is 11.0. The maximum absolute atomic E-state index is 11.0. The molecule has 18 heavy (non-hydrogen) atoms. The molecule has 0 saturated heterocycles. The zero-order chi connectivity index (χ0) is 14.5. The molecule has 2 unspecified atom stereocenters. The lowest BCUT2D eigenvalue weighted by molar-refractivity contribution is -0.155. The van der Waals surface area contributed by atoms with Gasteiger partial charge in [-0.15, -0.1) is 0 Å². The third-order valence-corrected chi connectivity index (χ3v) is 1.88. The van der Waals surface area contributed by atoms with Crippen LogP contribution in [0.3, 0.4) is 0 Å². The molecule has 0 rings (SSSR count). The van der Waals surface area contributed by atoms with Crippen LogP contribution in [-0.4, -0.2) is 46.4 Å². The van der Waals surface area contributed by atoms with Gasteiger partial charge in [-0.1, -0.05) is 0 Å². The van der Waals surface area contributed by atoms with Crippen LogP contribution in [-0.2, 0) is 28.5 Å². The largest absolute Gasteiger partial charge is 0.789 e. The number of carboxylic acid groups (broad SMARTS) is 2. The van der Waals surface area contributed by atoms with Crippen LogP contribution in [0.2, 0.25) is 0 Å². The molecule has 0 radical (unpaired) electrons. The second-order valence-electron chi connectivity index (χ2n) is 3.30. The summed E-state index contributed by atoms with van der Waals surface area (Å²) in [5.74, 6) is -8.75. The summed E-state index contributed by atoms with van der Waals surface area (Å²) in [6.07, 6.45) is 0. The zero-order valence-electron chi connectivity index (χ0n) is 9.52. The van der Waals surface area contributed by atoms with E-state index < -0.39 is 43.0 Å². The molecule has 0 aliphatic heterocycles. The number of carboxylic acids is 2. The van der Waals surface area contributed by atoms with Gasteiger partial charge < -0.3 is 24.5 Å². The molecule has 0 heterocycles. The third kappa shape index (κ3) is 4.83. The van der Waals surface area contributed by atoms with Gasteiger partial charge in [-0.2, -0.15) is 0 Å². The van der Waals surface area contributed by atoms with Gasteiger partial charge in [-0.3, -0.25) is 19.2 Å². The third-order valence-electron chi connectivity index (χ3n) is 1.88. The van der Waals surface area contributed by atoms with Crippen LogP contribution in [0, 0.1) is 11.8 Å². The highest BCUT2D eigenvalue weighted by atomic mass is 16.7. The molecule has 0 fully saturated rings. The Morgan fingerprint density at radius 2 is 1.17 bits per heavy atom. The van der Waals surface area contributed by atoms with Crippen LogP contribution in [0.5, 0.6) is 0 Å². The standard InChI is InChI=1S/C8H11BO9/c1-3(5(10)11)7(14)17-9(16)18-8(15)4(2)6(12)13/h3-4,16H,1-2H3,(H,10,11)(H,12,13). The summed E-state index contributed by atoms with van der Waals surface area (Å²) in [7, 11) is -2.35. The first-order chi connectivity index (χ1) is 8.16. The van der Waals surface area contributed by atoms with Gasteiger partial charge in [-0.05, 0) is 13.8 Å². The van der Waals surface area contributed by atoms with E-state index in [1.165, 1.54) is 0 Å². The molecular weight excluding hydrogens is 251 g/mol. The van der Waals surface area contributed by atoms with Gasteiger partial charge in [0.25, 0.3) is 0 Å². The van der Waals surface area contributed by atoms with Gasteiger partial charge in [0.15, 0.2) is 0 Å². The summed E-state index contributed by atoms with van der Waals surface area (Å²) >= 11 is 0. The fraction of sp³-hybridized carbons (Fsp3) is 0.500. The van der Waals surface area contributed by atoms with Gasteiger partial charge in [0.2, 0.25) is 0 Å². The molecule has 0 saturated carbocycles. The van der Waals surface area contributed by atoms with E-state index in [1.54, 1.807) is 0 Å². The SMILES string of the molecule is CC(C(=O)O)C(=O)OB(O)OC(=O)C(C)C(=O)O. The molecule has 0 amide bonds. The molecular formula is C8H11BO9. The van der Waals surface area contributed by atoms with Gasteiger partial charge in [0.05, 0.1) is 0 Å². The lowest BCUT2D eigenvalue weighted by atomic mass is 10.1. The van der Waals surface area contributed by atoms with Crippen LogP contribution in [0.25, 0.3) is 0 Å². The van der Waals surface area contributed by atoms with Crippen LogP contribution < -0.4 is 0 Å². The first-order valence-corrected chi connectivity index (χ1v) is 4.71. The first-order valence-electron chi connectivity index (χ1n) is 4.71. The van der Waals surface area contributed by atoms with Crippen LogP contribution in [0.4, 0.5) is 0 Å². The fourth-order valence-corrected chi connectivity index (χ4v) is 0.629. The predicted molar refractivity (Wildman–Crippen MR) is 53.8 cm³/mol. The Balaban J connectivity index is 4.32. The second-order valence-corrected chi connectivity index (χ2v) is 3.30. The van der Waals surface area contributed by atoms with Crippen molar-refractivity contribution in [3.63, 3.8) is 0 Å². The Hall–Kier alpha value is -2.10. The summed E-state index contributed by atoms with van der Waals surface area (Å²) in [5, 5.41) is 25.9. The molecule has 0 spiro atoms. The summed E-state index contributed by atoms with van der Waals surface area (Å²) in [4.78, 5) is 42.8. The molecule has 9 nitrogen and oxygen atoms in total. The van der Waals surface area contributed by atoms with Crippen molar-refractivity contribution in [2.45, 2.75) is 13.8 Å². The zero-order valence-corrected chi connectivity index (χ0v) is 9.52. The minimum atomic E-state index is -2.35. The fourth-order valence-electron chi connectivity index (χ4n) is 0.629. The van der Waals surface area contributed by atoms with Crippen LogP contribution >= 0.6 is 0 Å². The lowest BCUT2D eigenvalue weighted by Gasteiger charge is -2.11. The van der Waals surface area contributed by atoms with Crippen LogP contribution in [0.1, 0.15) is 13.8 Å². The normalized spacial score (nSPS) is 13.1. The molecule has 0 aromatic heterocycles. The van der Waals surface area contributed by atoms with Gasteiger partial charge in [0.1, 0.15) is 11.8 Å². The van der Waals surface area contributed by atoms with Gasteiger partial charge in [-0.25, -0.2) is 0 Å². The smallest absolute Gasteiger partial charge is 0.481 e. The van der Waals surface area contributed by atoms with E-state index in [0.717, 1.165) is 13.8 Å². The van der Waals surface area contributed by atoms with Crippen LogP contribution in [0.15, 0.2) is 0 Å². The number of hydrogen-bond donors (Lipinski definition) is 3. The highest BCUT2D eigenvalue weighted by molar-refractivity contribution is 6.40. The van der Waals surface area contributed by atoms with Crippen molar-refractivity contribution in [3.05, 3.63) is 0 Å². The Kier molecular flexibility index (Phi) is 5.83. The summed E-state index contributed by atoms with van der Waals surface area (Å²) in [6.45, 7) is 2.00. The number of hydrogen-bond acceptors (Lipinski definition) is 7. The monoisotopic (exact) mass is 262 g/mol. The quantitative estimate of drug-likeness (QED) is 0.383.